The van der Waals surface area contributed by atoms with Crippen LogP contribution in [0.1, 0.15) is 18.9 Å². The van der Waals surface area contributed by atoms with Gasteiger partial charge < -0.3 is 5.32 Å². The van der Waals surface area contributed by atoms with Crippen LogP contribution >= 0.6 is 0 Å². The molecule has 0 unspecified atom stereocenters. The van der Waals surface area contributed by atoms with Crippen LogP contribution < -0.4 is 5.32 Å². The van der Waals surface area contributed by atoms with Crippen molar-refractivity contribution in [2.75, 3.05) is 13.1 Å². The smallest absolute Gasteiger partial charge is 0.334 e. The topological polar surface area (TPSA) is 86.8 Å². The lowest BCUT2D eigenvalue weighted by molar-refractivity contribution is -0.144. The van der Waals surface area contributed by atoms with Crippen molar-refractivity contribution < 1.29 is 23.6 Å². The van der Waals surface area contributed by atoms with E-state index in [4.69, 9.17) is 0 Å². The number of benzene rings is 1. The first-order valence-corrected chi connectivity index (χ1v) is 7.13. The van der Waals surface area contributed by atoms with E-state index >= 15 is 0 Å². The van der Waals surface area contributed by atoms with Crippen LogP contribution in [0.15, 0.2) is 24.3 Å². The summed E-state index contributed by atoms with van der Waals surface area (Å²) in [7, 11) is 0. The molecule has 0 radical (unpaired) electrons. The molecule has 0 aromatic heterocycles. The summed E-state index contributed by atoms with van der Waals surface area (Å²) in [5, 5.41) is 2.41. The van der Waals surface area contributed by atoms with Gasteiger partial charge in [0, 0.05) is 18.7 Å². The molecule has 1 aliphatic rings. The molecule has 0 aliphatic carbocycles. The van der Waals surface area contributed by atoms with Crippen molar-refractivity contribution in [2.45, 2.75) is 19.9 Å². The van der Waals surface area contributed by atoms with Crippen molar-refractivity contribution in [1.29, 1.82) is 0 Å². The molecule has 2 rings (SSSR count). The van der Waals surface area contributed by atoms with Gasteiger partial charge in [0.2, 0.25) is 5.91 Å². The molecule has 0 atom stereocenters. The second-order valence-electron chi connectivity index (χ2n) is 5.00. The zero-order chi connectivity index (χ0) is 17.0. The van der Waals surface area contributed by atoms with Crippen molar-refractivity contribution >= 4 is 23.8 Å². The van der Waals surface area contributed by atoms with Crippen molar-refractivity contribution in [3.05, 3.63) is 35.6 Å². The Balaban J connectivity index is 1.95. The lowest BCUT2D eigenvalue weighted by Crippen LogP contribution is -2.41. The van der Waals surface area contributed by atoms with Gasteiger partial charge in [-0.1, -0.05) is 25.1 Å². The van der Waals surface area contributed by atoms with E-state index in [1.165, 1.54) is 18.2 Å². The summed E-state index contributed by atoms with van der Waals surface area (Å²) in [4.78, 5) is 48.6. The fraction of sp³-hybridized carbons (Fsp3) is 0.333. The molecule has 1 saturated heterocycles. The van der Waals surface area contributed by atoms with Crippen LogP contribution in [0.4, 0.5) is 9.18 Å². The van der Waals surface area contributed by atoms with Gasteiger partial charge in [0.15, 0.2) is 0 Å². The van der Waals surface area contributed by atoms with Crippen molar-refractivity contribution in [2.24, 2.45) is 0 Å². The standard InChI is InChI=1S/C15H16FN3O4/c1-2-7-18-13(21)14(22)19(15(18)23)9-12(20)17-8-10-5-3-4-6-11(10)16/h3-6H,2,7-9H2,1H3,(H,17,20). The summed E-state index contributed by atoms with van der Waals surface area (Å²) < 4.78 is 13.4. The van der Waals surface area contributed by atoms with Crippen molar-refractivity contribution in [1.82, 2.24) is 15.1 Å². The first-order valence-electron chi connectivity index (χ1n) is 7.13. The highest BCUT2D eigenvalue weighted by Gasteiger charge is 2.44. The number of hydrogen-bond donors (Lipinski definition) is 1. The van der Waals surface area contributed by atoms with E-state index in [2.05, 4.69) is 5.32 Å². The Kier molecular flexibility index (Phi) is 5.05. The highest BCUT2D eigenvalue weighted by atomic mass is 19.1. The maximum Gasteiger partial charge on any atom is 0.334 e. The average Bonchev–Trinajstić information content (AvgIpc) is 2.72. The normalized spacial score (nSPS) is 14.6. The predicted molar refractivity (Wildman–Crippen MR) is 77.4 cm³/mol. The summed E-state index contributed by atoms with van der Waals surface area (Å²) in [5.41, 5.74) is 0.281. The number of carbonyl (C=O) groups is 4. The van der Waals surface area contributed by atoms with Gasteiger partial charge in [-0.2, -0.15) is 0 Å². The van der Waals surface area contributed by atoms with Crippen LogP contribution in [0.3, 0.4) is 0 Å². The van der Waals surface area contributed by atoms with Crippen LogP contribution in [0.5, 0.6) is 0 Å². The van der Waals surface area contributed by atoms with Crippen LogP contribution in [0.2, 0.25) is 0 Å². The largest absolute Gasteiger partial charge is 0.350 e. The van der Waals surface area contributed by atoms with Crippen molar-refractivity contribution in [3.8, 4) is 0 Å². The SMILES string of the molecule is CCCN1C(=O)C(=O)N(CC(=O)NCc2ccccc2F)C1=O. The second-order valence-corrected chi connectivity index (χ2v) is 5.00. The molecule has 1 aromatic carbocycles. The molecule has 1 fully saturated rings. The Bertz CT molecular complexity index is 662. The number of nitrogens with one attached hydrogen (secondary N) is 1. The zero-order valence-corrected chi connectivity index (χ0v) is 12.5. The summed E-state index contributed by atoms with van der Waals surface area (Å²) in [5.74, 6) is -3.07. The van der Waals surface area contributed by atoms with Gasteiger partial charge in [-0.3, -0.25) is 19.3 Å². The Labute approximate surface area is 132 Å². The molecule has 0 bridgehead atoms. The highest BCUT2D eigenvalue weighted by molar-refractivity contribution is 6.45. The third kappa shape index (κ3) is 3.53. The molecule has 0 saturated carbocycles. The quantitative estimate of drug-likeness (QED) is 0.615. The molecule has 7 nitrogen and oxygen atoms in total. The summed E-state index contributed by atoms with van der Waals surface area (Å²) in [6.07, 6.45) is 0.512. The van der Waals surface area contributed by atoms with E-state index in [0.29, 0.717) is 11.3 Å². The van der Waals surface area contributed by atoms with Gasteiger partial charge in [0.05, 0.1) is 0 Å². The molecular formula is C15H16FN3O4. The molecule has 122 valence electrons. The van der Waals surface area contributed by atoms with E-state index in [1.807, 2.05) is 0 Å². The second kappa shape index (κ2) is 6.99. The fourth-order valence-corrected chi connectivity index (χ4v) is 2.15. The fourth-order valence-electron chi connectivity index (χ4n) is 2.15. The molecule has 8 heteroatoms. The maximum atomic E-state index is 13.4. The van der Waals surface area contributed by atoms with Gasteiger partial charge in [-0.15, -0.1) is 0 Å². The monoisotopic (exact) mass is 321 g/mol. The Morgan fingerprint density at radius 1 is 1.13 bits per heavy atom. The Morgan fingerprint density at radius 3 is 2.43 bits per heavy atom. The lowest BCUT2D eigenvalue weighted by Gasteiger charge is -2.14. The summed E-state index contributed by atoms with van der Waals surface area (Å²) in [6.45, 7) is 1.23. The van der Waals surface area contributed by atoms with Gasteiger partial charge in [0.25, 0.3) is 0 Å². The summed E-state index contributed by atoms with van der Waals surface area (Å²) >= 11 is 0. The molecule has 5 amide bonds. The minimum Gasteiger partial charge on any atom is -0.350 e. The molecule has 1 aliphatic heterocycles. The predicted octanol–water partition coefficient (Wildman–Crippen LogP) is 0.643. The number of nitrogens with zero attached hydrogens (tertiary/aromatic N) is 2. The maximum absolute atomic E-state index is 13.4. The zero-order valence-electron chi connectivity index (χ0n) is 12.5. The van der Waals surface area contributed by atoms with E-state index < -0.39 is 36.1 Å². The number of urea groups is 1. The van der Waals surface area contributed by atoms with Crippen LogP contribution in [0, 0.1) is 5.82 Å². The molecule has 1 heterocycles. The summed E-state index contributed by atoms with van der Waals surface area (Å²) in [6, 6.07) is 5.11. The number of carbonyl (C=O) groups excluding carboxylic acids is 4. The highest BCUT2D eigenvalue weighted by Crippen LogP contribution is 2.12. The third-order valence-electron chi connectivity index (χ3n) is 3.32. The average molecular weight is 321 g/mol. The number of amides is 5. The van der Waals surface area contributed by atoms with E-state index in [9.17, 15) is 23.6 Å². The van der Waals surface area contributed by atoms with Crippen molar-refractivity contribution in [3.63, 3.8) is 0 Å². The van der Waals surface area contributed by atoms with E-state index in [0.717, 1.165) is 4.90 Å². The van der Waals surface area contributed by atoms with E-state index in [1.54, 1.807) is 13.0 Å². The van der Waals surface area contributed by atoms with Crippen LogP contribution in [-0.4, -0.2) is 46.6 Å². The van der Waals surface area contributed by atoms with Gasteiger partial charge >= 0.3 is 17.8 Å². The number of hydrogen-bond acceptors (Lipinski definition) is 4. The third-order valence-corrected chi connectivity index (χ3v) is 3.32. The van der Waals surface area contributed by atoms with Gasteiger partial charge in [0.1, 0.15) is 12.4 Å². The Hall–Kier alpha value is -2.77. The molecular weight excluding hydrogens is 305 g/mol. The van der Waals surface area contributed by atoms with Gasteiger partial charge in [-0.05, 0) is 12.5 Å². The minimum absolute atomic E-state index is 0.0751. The number of imide groups is 2. The van der Waals surface area contributed by atoms with Crippen LogP contribution in [0.25, 0.3) is 0 Å². The molecule has 1 aromatic rings. The molecule has 23 heavy (non-hydrogen) atoms. The number of rotatable bonds is 6. The lowest BCUT2D eigenvalue weighted by atomic mass is 10.2. The van der Waals surface area contributed by atoms with E-state index in [-0.39, 0.29) is 18.7 Å². The first kappa shape index (κ1) is 16.6. The Morgan fingerprint density at radius 2 is 1.78 bits per heavy atom. The van der Waals surface area contributed by atoms with Crippen LogP contribution in [-0.2, 0) is 20.9 Å². The number of halogens is 1. The minimum atomic E-state index is -1.02. The molecule has 1 N–H and O–H groups in total. The van der Waals surface area contributed by atoms with Gasteiger partial charge in [-0.25, -0.2) is 14.1 Å². The first-order chi connectivity index (χ1) is 11.0. The molecule has 0 spiro atoms.